The number of carbonyl (C=O) groups excluding carboxylic acids is 1. The summed E-state index contributed by atoms with van der Waals surface area (Å²) < 4.78 is 4.79. The second-order valence-corrected chi connectivity index (χ2v) is 19.6. The third-order valence-corrected chi connectivity index (χ3v) is 11.9. The van der Waals surface area contributed by atoms with Crippen molar-refractivity contribution in [2.45, 2.75) is 41.5 Å². The number of aliphatic hydroxyl groups is 2. The van der Waals surface area contributed by atoms with Gasteiger partial charge in [0, 0.05) is 98.1 Å². The van der Waals surface area contributed by atoms with E-state index < -0.39 is 15.5 Å². The molecule has 0 saturated carbocycles. The Hall–Kier alpha value is -10.1. The quantitative estimate of drug-likeness (QED) is 0.0127. The summed E-state index contributed by atoms with van der Waals surface area (Å²) >= 11 is 0. The summed E-state index contributed by atoms with van der Waals surface area (Å²) in [5.41, 5.74) is 19.4. The number of likely N-dealkylation sites (N-methyl/N-ethyl adjacent to an activating group) is 2. The van der Waals surface area contributed by atoms with Gasteiger partial charge in [-0.25, -0.2) is 4.79 Å². The molecule has 0 atom stereocenters. The molecule has 91 heavy (non-hydrogen) atoms. The lowest BCUT2D eigenvalue weighted by Gasteiger charge is -2.10. The first kappa shape index (κ1) is 79.0. The zero-order chi connectivity index (χ0) is 67.4. The molecular weight excluding hydrogens is 1150 g/mol. The minimum atomic E-state index is -0.762. The lowest BCUT2D eigenvalue weighted by Crippen LogP contribution is -2.16. The fraction of sp³-hybridized carbons (Fsp3) is 0.264. The van der Waals surface area contributed by atoms with E-state index in [4.69, 9.17) is 26.4 Å². The monoisotopic (exact) mass is 1240 g/mol. The number of benzene rings is 9. The summed E-state index contributed by atoms with van der Waals surface area (Å²) in [5, 5.41) is 55.5. The van der Waals surface area contributed by atoms with Crippen LogP contribution in [0.1, 0.15) is 50.5 Å². The van der Waals surface area contributed by atoms with Crippen LogP contribution in [0.3, 0.4) is 0 Å². The van der Waals surface area contributed by atoms with Crippen molar-refractivity contribution in [3.05, 3.63) is 262 Å². The fourth-order valence-corrected chi connectivity index (χ4v) is 7.32. The smallest absolute Gasteiger partial charge is 0.338 e. The molecule has 0 aliphatic heterocycles. The van der Waals surface area contributed by atoms with Gasteiger partial charge in [0.05, 0.1) is 41.3 Å². The number of fused-ring (bicyclic) bond motifs is 1. The highest BCUT2D eigenvalue weighted by Crippen LogP contribution is 2.26. The van der Waals surface area contributed by atoms with Crippen molar-refractivity contribution in [2.75, 3.05) is 125 Å². The van der Waals surface area contributed by atoms with Gasteiger partial charge >= 0.3 is 5.97 Å². The molecule has 11 N–H and O–H groups in total. The molecular formula is C72H97N11O8. The van der Waals surface area contributed by atoms with Crippen molar-refractivity contribution in [3.63, 3.8) is 0 Å². The molecule has 488 valence electrons. The largest absolute Gasteiger partial charge is 0.462 e. The number of aryl methyl sites for hydroxylation is 1. The van der Waals surface area contributed by atoms with E-state index in [0.29, 0.717) is 17.9 Å². The molecule has 0 radical (unpaired) electrons. The normalized spacial score (nSPS) is 9.51. The van der Waals surface area contributed by atoms with E-state index in [-0.39, 0.29) is 30.6 Å². The van der Waals surface area contributed by atoms with Crippen molar-refractivity contribution >= 4 is 73.6 Å². The van der Waals surface area contributed by atoms with Crippen LogP contribution in [0.2, 0.25) is 0 Å². The fourth-order valence-electron chi connectivity index (χ4n) is 7.32. The lowest BCUT2D eigenvalue weighted by atomic mass is 10.1. The summed E-state index contributed by atoms with van der Waals surface area (Å²) in [6.45, 7) is 18.5. The number of esters is 1. The Morgan fingerprint density at radius 1 is 0.527 bits per heavy atom. The van der Waals surface area contributed by atoms with Crippen LogP contribution in [0.5, 0.6) is 0 Å². The molecule has 0 aromatic heterocycles. The van der Waals surface area contributed by atoms with Crippen molar-refractivity contribution in [1.82, 2.24) is 10.2 Å². The highest BCUT2D eigenvalue weighted by Gasteiger charge is 2.17. The number of anilines is 8. The Bertz CT molecular complexity index is 3250. The average molecular weight is 1240 g/mol. The number of aliphatic hydroxyl groups excluding tert-OH is 2. The number of para-hydroxylation sites is 5. The zero-order valence-corrected chi connectivity index (χ0v) is 54.6. The molecule has 9 aromatic carbocycles. The number of hydrogen-bond acceptors (Lipinski definition) is 17. The second kappa shape index (κ2) is 49.9. The summed E-state index contributed by atoms with van der Waals surface area (Å²) in [4.78, 5) is 34.2. The Kier molecular flexibility index (Phi) is 43.3. The van der Waals surface area contributed by atoms with E-state index in [1.165, 1.54) is 39.1 Å². The van der Waals surface area contributed by atoms with Gasteiger partial charge in [0.15, 0.2) is 0 Å². The van der Waals surface area contributed by atoms with Gasteiger partial charge < -0.3 is 62.8 Å². The van der Waals surface area contributed by atoms with E-state index in [0.717, 1.165) is 68.8 Å². The standard InChI is InChI=1S/C12H11N.C12H13N.C9H11NO2.C9H13N.2C8H11N.C6H5N3O4.2C4H11NO/c1-3-7-11(8-4-1)13-12-9-5-2-6-10-12;1-2-13-12-9-5-7-10-6-3-4-8-11(10)12;1-2-12-9(11)7-3-5-8(10)6-4-7;1-3-10-9-7-5-4-6-8(9)2;1-9(2)8-6-4-3-5-7-8;1-2-9-8-6-4-3-5-7-8;7-5-2-1-4(8(10)11)3-6(5)9(12)13;1-5(2)3-4-6;1-2-5-3-4-6/h1-10,13H;3-9,13H,2H2,1H3;3-6H,2,10H2,1H3;4-7,10H,3H2,1-2H3;3-7H,1-2H3;3-7,9H,2H2,1H3;1-3H,7H2;6H,3-4H2,1-2H3;5-6H,2-4H2,1H3. The van der Waals surface area contributed by atoms with Gasteiger partial charge in [-0.1, -0.05) is 134 Å². The first-order chi connectivity index (χ1) is 43.9. The van der Waals surface area contributed by atoms with E-state index >= 15 is 0 Å². The maximum atomic E-state index is 11.1. The van der Waals surface area contributed by atoms with Crippen molar-refractivity contribution < 1.29 is 29.6 Å². The molecule has 9 aromatic rings. The highest BCUT2D eigenvalue weighted by atomic mass is 16.6. The van der Waals surface area contributed by atoms with Crippen LogP contribution in [0.4, 0.5) is 56.9 Å². The zero-order valence-electron chi connectivity index (χ0n) is 54.6. The van der Waals surface area contributed by atoms with Crippen molar-refractivity contribution in [2.24, 2.45) is 0 Å². The number of nitrogens with two attached hydrogens (primary N) is 2. The molecule has 0 aliphatic rings. The predicted molar refractivity (Wildman–Crippen MR) is 383 cm³/mol. The molecule has 9 rings (SSSR count). The van der Waals surface area contributed by atoms with Crippen molar-refractivity contribution in [1.29, 1.82) is 0 Å². The Balaban J connectivity index is 0.000000518. The van der Waals surface area contributed by atoms with Crippen LogP contribution >= 0.6 is 0 Å². The van der Waals surface area contributed by atoms with Crippen molar-refractivity contribution in [3.8, 4) is 0 Å². The average Bonchev–Trinajstić information content (AvgIpc) is 2.31. The number of rotatable bonds is 18. The van der Waals surface area contributed by atoms with Crippen LogP contribution in [0.25, 0.3) is 10.8 Å². The molecule has 0 fully saturated rings. The number of carbonyl (C=O) groups is 1. The van der Waals surface area contributed by atoms with Gasteiger partial charge in [-0.15, -0.1) is 0 Å². The third kappa shape index (κ3) is 36.8. The Labute approximate surface area is 539 Å². The summed E-state index contributed by atoms with van der Waals surface area (Å²) in [6, 6.07) is 73.5. The van der Waals surface area contributed by atoms with Gasteiger partial charge in [0.25, 0.3) is 11.4 Å². The SMILES string of the molecule is CCNCCO.CCNc1cccc2ccccc12.CCNc1ccccc1.CCNc1ccccc1C.CCOC(=O)c1ccc(N)cc1.CN(C)CCO.CN(C)c1ccccc1.Nc1ccc([N+](=O)[O-])cc1[N+](=O)[O-].c1ccc(Nc2ccccc2)cc1. The first-order valence-electron chi connectivity index (χ1n) is 30.1. The van der Waals surface area contributed by atoms with E-state index in [1.807, 2.05) is 143 Å². The second-order valence-electron chi connectivity index (χ2n) is 19.6. The number of nitro benzene ring substituents is 2. The van der Waals surface area contributed by atoms with Gasteiger partial charge in [-0.2, -0.15) is 0 Å². The topological polar surface area (TPSA) is 272 Å². The molecule has 19 nitrogen and oxygen atoms in total. The third-order valence-electron chi connectivity index (χ3n) is 11.9. The van der Waals surface area contributed by atoms with E-state index in [2.05, 4.69) is 144 Å². The lowest BCUT2D eigenvalue weighted by molar-refractivity contribution is -0.393. The molecule has 0 saturated heterocycles. The van der Waals surface area contributed by atoms with Gasteiger partial charge in [-0.3, -0.25) is 20.2 Å². The van der Waals surface area contributed by atoms with E-state index in [1.54, 1.807) is 31.2 Å². The molecule has 19 heteroatoms. The highest BCUT2D eigenvalue weighted by molar-refractivity contribution is 5.93. The maximum absolute atomic E-state index is 11.1. The molecule has 0 heterocycles. The van der Waals surface area contributed by atoms with Crippen LogP contribution in [-0.4, -0.2) is 118 Å². The number of ether oxygens (including phenoxy) is 1. The minimum Gasteiger partial charge on any atom is -0.462 e. The number of nitrogens with one attached hydrogen (secondary N) is 5. The number of nitro groups is 2. The summed E-state index contributed by atoms with van der Waals surface area (Å²) in [6.07, 6.45) is 0. The number of hydrogen-bond donors (Lipinski definition) is 9. The van der Waals surface area contributed by atoms with Crippen LogP contribution in [0.15, 0.2) is 231 Å². The Morgan fingerprint density at radius 3 is 1.45 bits per heavy atom. The molecule has 0 amide bonds. The molecule has 0 unspecified atom stereocenters. The Morgan fingerprint density at radius 2 is 1.01 bits per heavy atom. The van der Waals surface area contributed by atoms with Crippen LogP contribution < -0.4 is 43.0 Å². The molecule has 0 aliphatic carbocycles. The van der Waals surface area contributed by atoms with Gasteiger partial charge in [0.1, 0.15) is 5.69 Å². The first-order valence-corrected chi connectivity index (χ1v) is 30.1. The van der Waals surface area contributed by atoms with Gasteiger partial charge in [-0.05, 0) is 157 Å². The minimum absolute atomic E-state index is 0.0874. The summed E-state index contributed by atoms with van der Waals surface area (Å²) in [5.74, 6) is -0.308. The summed E-state index contributed by atoms with van der Waals surface area (Å²) in [7, 11) is 7.93. The van der Waals surface area contributed by atoms with Gasteiger partial charge in [0.2, 0.25) is 0 Å². The van der Waals surface area contributed by atoms with Crippen LogP contribution in [-0.2, 0) is 4.74 Å². The number of nitrogen functional groups attached to an aromatic ring is 2. The molecule has 0 bridgehead atoms. The van der Waals surface area contributed by atoms with Crippen LogP contribution in [0, 0.1) is 27.2 Å². The predicted octanol–water partition coefficient (Wildman–Crippen LogP) is 14.7. The van der Waals surface area contributed by atoms with E-state index in [9.17, 15) is 25.0 Å². The molecule has 0 spiro atoms. The number of nitrogens with zero attached hydrogens (tertiary/aromatic N) is 4. The number of non-ortho nitro benzene ring substituents is 1. The maximum Gasteiger partial charge on any atom is 0.338 e.